The van der Waals surface area contributed by atoms with Gasteiger partial charge < -0.3 is 20.2 Å². The highest BCUT2D eigenvalue weighted by Crippen LogP contribution is 2.21. The minimum Gasteiger partial charge on any atom is -0.393 e. The van der Waals surface area contributed by atoms with Crippen LogP contribution >= 0.6 is 0 Å². The van der Waals surface area contributed by atoms with E-state index in [2.05, 4.69) is 17.3 Å². The first kappa shape index (κ1) is 16.2. The van der Waals surface area contributed by atoms with Crippen molar-refractivity contribution in [1.29, 1.82) is 0 Å². The van der Waals surface area contributed by atoms with Gasteiger partial charge in [-0.3, -0.25) is 0 Å². The van der Waals surface area contributed by atoms with Gasteiger partial charge in [-0.1, -0.05) is 12.8 Å². The van der Waals surface area contributed by atoms with E-state index in [1.54, 1.807) is 18.9 Å². The highest BCUT2D eigenvalue weighted by Gasteiger charge is 2.19. The van der Waals surface area contributed by atoms with Crippen LogP contribution < -0.4 is 5.32 Å². The molecule has 0 aromatic rings. The third-order valence-electron chi connectivity index (χ3n) is 3.92. The molecule has 0 heterocycles. The molecule has 2 N–H and O–H groups in total. The Balaban J connectivity index is 2.11. The zero-order valence-electron chi connectivity index (χ0n) is 12.6. The van der Waals surface area contributed by atoms with Crippen LogP contribution in [0.15, 0.2) is 0 Å². The van der Waals surface area contributed by atoms with E-state index in [0.29, 0.717) is 25.6 Å². The van der Waals surface area contributed by atoms with E-state index < -0.39 is 0 Å². The van der Waals surface area contributed by atoms with E-state index in [1.807, 2.05) is 0 Å². The summed E-state index contributed by atoms with van der Waals surface area (Å²) < 4.78 is 0. The average Bonchev–Trinajstić information content (AvgIpc) is 2.89. The first-order valence-corrected chi connectivity index (χ1v) is 7.38. The Morgan fingerprint density at radius 2 is 1.95 bits per heavy atom. The second-order valence-corrected chi connectivity index (χ2v) is 5.71. The van der Waals surface area contributed by atoms with Crippen LogP contribution in [0.25, 0.3) is 0 Å². The molecule has 1 aliphatic carbocycles. The highest BCUT2D eigenvalue weighted by atomic mass is 16.3. The van der Waals surface area contributed by atoms with E-state index in [1.165, 1.54) is 25.7 Å². The molecule has 2 amide bonds. The third kappa shape index (κ3) is 6.25. The molecule has 0 saturated heterocycles. The number of amides is 2. The van der Waals surface area contributed by atoms with Gasteiger partial charge in [0.1, 0.15) is 0 Å². The van der Waals surface area contributed by atoms with Gasteiger partial charge >= 0.3 is 6.03 Å². The van der Waals surface area contributed by atoms with Crippen molar-refractivity contribution in [3.05, 3.63) is 0 Å². The predicted octanol–water partition coefficient (Wildman–Crippen LogP) is 1.27. The summed E-state index contributed by atoms with van der Waals surface area (Å²) in [6.07, 6.45) is 5.51. The minimum absolute atomic E-state index is 0.0551. The van der Waals surface area contributed by atoms with Crippen LogP contribution in [0, 0.1) is 0 Å². The van der Waals surface area contributed by atoms with Crippen LogP contribution in [0.1, 0.15) is 39.0 Å². The topological polar surface area (TPSA) is 55.8 Å². The number of urea groups is 1. The van der Waals surface area contributed by atoms with Crippen LogP contribution in [0.5, 0.6) is 0 Å². The van der Waals surface area contributed by atoms with Crippen molar-refractivity contribution in [2.24, 2.45) is 0 Å². The summed E-state index contributed by atoms with van der Waals surface area (Å²) in [6.45, 7) is 3.91. The van der Waals surface area contributed by atoms with Gasteiger partial charge in [0.15, 0.2) is 0 Å². The van der Waals surface area contributed by atoms with Crippen molar-refractivity contribution in [3.63, 3.8) is 0 Å². The fourth-order valence-electron chi connectivity index (χ4n) is 2.48. The number of nitrogens with zero attached hydrogens (tertiary/aromatic N) is 2. The van der Waals surface area contributed by atoms with E-state index in [4.69, 9.17) is 0 Å². The van der Waals surface area contributed by atoms with Crippen LogP contribution in [0.3, 0.4) is 0 Å². The van der Waals surface area contributed by atoms with E-state index in [-0.39, 0.29) is 12.1 Å². The van der Waals surface area contributed by atoms with Crippen LogP contribution in [0.2, 0.25) is 0 Å². The van der Waals surface area contributed by atoms with Crippen molar-refractivity contribution in [2.45, 2.75) is 51.2 Å². The molecule has 1 fully saturated rings. The van der Waals surface area contributed by atoms with Gasteiger partial charge in [-0.15, -0.1) is 0 Å². The number of hydrogen-bond donors (Lipinski definition) is 2. The Hall–Kier alpha value is -0.810. The van der Waals surface area contributed by atoms with Crippen molar-refractivity contribution in [2.75, 3.05) is 33.7 Å². The summed E-state index contributed by atoms with van der Waals surface area (Å²) in [5, 5.41) is 12.1. The summed E-state index contributed by atoms with van der Waals surface area (Å²) in [6, 6.07) is 0.644. The molecule has 1 aliphatic rings. The van der Waals surface area contributed by atoms with Gasteiger partial charge in [0.05, 0.1) is 6.10 Å². The van der Waals surface area contributed by atoms with Crippen molar-refractivity contribution in [3.8, 4) is 0 Å². The molecular weight excluding hydrogens is 242 g/mol. The number of aliphatic hydroxyl groups excluding tert-OH is 1. The maximum absolute atomic E-state index is 11.8. The molecular formula is C14H29N3O2. The van der Waals surface area contributed by atoms with Crippen LogP contribution in [-0.2, 0) is 0 Å². The lowest BCUT2D eigenvalue weighted by atomic mass is 10.2. The first-order valence-electron chi connectivity index (χ1n) is 7.38. The third-order valence-corrected chi connectivity index (χ3v) is 3.92. The molecule has 19 heavy (non-hydrogen) atoms. The van der Waals surface area contributed by atoms with E-state index in [9.17, 15) is 9.90 Å². The SMILES string of the molecule is CC(O)CCN(C)C(=O)NCCN(C)C1CCCC1. The quantitative estimate of drug-likeness (QED) is 0.733. The Morgan fingerprint density at radius 1 is 1.32 bits per heavy atom. The highest BCUT2D eigenvalue weighted by molar-refractivity contribution is 5.73. The van der Waals surface area contributed by atoms with Crippen molar-refractivity contribution >= 4 is 6.03 Å². The molecule has 5 heteroatoms. The molecule has 1 saturated carbocycles. The summed E-state index contributed by atoms with van der Waals surface area (Å²) in [5.41, 5.74) is 0. The lowest BCUT2D eigenvalue weighted by Crippen LogP contribution is -2.42. The largest absolute Gasteiger partial charge is 0.393 e. The molecule has 0 radical (unpaired) electrons. The molecule has 0 spiro atoms. The Kier molecular flexibility index (Phi) is 7.16. The summed E-state index contributed by atoms with van der Waals surface area (Å²) in [4.78, 5) is 15.8. The maximum Gasteiger partial charge on any atom is 0.317 e. The number of carbonyl (C=O) groups is 1. The molecule has 1 unspecified atom stereocenters. The molecule has 112 valence electrons. The first-order chi connectivity index (χ1) is 9.00. The molecule has 0 aromatic carbocycles. The normalized spacial score (nSPS) is 17.7. The minimum atomic E-state index is -0.358. The maximum atomic E-state index is 11.8. The number of carbonyl (C=O) groups excluding carboxylic acids is 1. The Labute approximate surface area is 117 Å². The van der Waals surface area contributed by atoms with Crippen molar-refractivity contribution in [1.82, 2.24) is 15.1 Å². The van der Waals surface area contributed by atoms with E-state index in [0.717, 1.165) is 6.54 Å². The van der Waals surface area contributed by atoms with Crippen LogP contribution in [-0.4, -0.2) is 66.8 Å². The molecule has 0 bridgehead atoms. The Bertz CT molecular complexity index is 265. The summed E-state index contributed by atoms with van der Waals surface area (Å²) in [5.74, 6) is 0. The lowest BCUT2D eigenvalue weighted by Gasteiger charge is -2.25. The monoisotopic (exact) mass is 271 g/mol. The fraction of sp³-hybridized carbons (Fsp3) is 0.929. The Morgan fingerprint density at radius 3 is 2.53 bits per heavy atom. The number of rotatable bonds is 7. The second-order valence-electron chi connectivity index (χ2n) is 5.71. The molecule has 1 rings (SSSR count). The molecule has 0 aromatic heterocycles. The van der Waals surface area contributed by atoms with Gasteiger partial charge in [-0.25, -0.2) is 4.79 Å². The predicted molar refractivity (Wildman–Crippen MR) is 77.2 cm³/mol. The average molecular weight is 271 g/mol. The second kappa shape index (κ2) is 8.38. The zero-order valence-corrected chi connectivity index (χ0v) is 12.6. The molecule has 0 aliphatic heterocycles. The standard InChI is InChI=1S/C14H29N3O2/c1-12(18)8-10-17(3)14(19)15-9-11-16(2)13-6-4-5-7-13/h12-13,18H,4-11H2,1-3H3,(H,15,19). The van der Waals surface area contributed by atoms with Crippen LogP contribution in [0.4, 0.5) is 4.79 Å². The number of nitrogens with one attached hydrogen (secondary N) is 1. The number of likely N-dealkylation sites (N-methyl/N-ethyl adjacent to an activating group) is 1. The zero-order chi connectivity index (χ0) is 14.3. The van der Waals surface area contributed by atoms with Gasteiger partial charge in [0.25, 0.3) is 0 Å². The van der Waals surface area contributed by atoms with Crippen molar-refractivity contribution < 1.29 is 9.90 Å². The molecule has 5 nitrogen and oxygen atoms in total. The fourth-order valence-corrected chi connectivity index (χ4v) is 2.48. The number of aliphatic hydroxyl groups is 1. The lowest BCUT2D eigenvalue weighted by molar-refractivity contribution is 0.162. The summed E-state index contributed by atoms with van der Waals surface area (Å²) >= 11 is 0. The van der Waals surface area contributed by atoms with Gasteiger partial charge in [0.2, 0.25) is 0 Å². The van der Waals surface area contributed by atoms with Gasteiger partial charge in [0, 0.05) is 32.7 Å². The van der Waals surface area contributed by atoms with Gasteiger partial charge in [-0.2, -0.15) is 0 Å². The van der Waals surface area contributed by atoms with E-state index >= 15 is 0 Å². The smallest absolute Gasteiger partial charge is 0.317 e. The van der Waals surface area contributed by atoms with Gasteiger partial charge in [-0.05, 0) is 33.2 Å². The summed E-state index contributed by atoms with van der Waals surface area (Å²) in [7, 11) is 3.90. The molecule has 1 atom stereocenters. The number of hydrogen-bond acceptors (Lipinski definition) is 3.